The van der Waals surface area contributed by atoms with Gasteiger partial charge in [-0.2, -0.15) is 0 Å². The monoisotopic (exact) mass is 389 g/mol. The zero-order valence-electron chi connectivity index (χ0n) is 17.3. The molecule has 29 heavy (non-hydrogen) atoms. The van der Waals surface area contributed by atoms with Crippen molar-refractivity contribution < 1.29 is 9.53 Å². The van der Waals surface area contributed by atoms with Crippen molar-refractivity contribution in [3.8, 4) is 5.75 Å². The van der Waals surface area contributed by atoms with Crippen LogP contribution in [0.5, 0.6) is 5.75 Å². The van der Waals surface area contributed by atoms with E-state index in [4.69, 9.17) is 4.74 Å². The summed E-state index contributed by atoms with van der Waals surface area (Å²) >= 11 is 0. The van der Waals surface area contributed by atoms with Gasteiger partial charge in [0.15, 0.2) is 6.61 Å². The van der Waals surface area contributed by atoms with Crippen molar-refractivity contribution in [2.45, 2.75) is 33.1 Å². The van der Waals surface area contributed by atoms with Gasteiger partial charge in [-0.15, -0.1) is 0 Å². The van der Waals surface area contributed by atoms with E-state index in [2.05, 4.69) is 42.5 Å². The number of para-hydroxylation sites is 1. The molecule has 1 heterocycles. The molecule has 5 heteroatoms. The number of hydrogen-bond donors (Lipinski definition) is 2. The Hall–Kier alpha value is -3.34. The summed E-state index contributed by atoms with van der Waals surface area (Å²) in [6.07, 6.45) is 1.63. The molecule has 2 N–H and O–H groups in total. The number of pyridine rings is 1. The lowest BCUT2D eigenvalue weighted by atomic mass is 9.86. The predicted octanol–water partition coefficient (Wildman–Crippen LogP) is 5.45. The molecule has 0 bridgehead atoms. The van der Waals surface area contributed by atoms with E-state index in [1.54, 1.807) is 6.20 Å². The summed E-state index contributed by atoms with van der Waals surface area (Å²) < 4.78 is 5.50. The molecule has 2 aromatic carbocycles. The quantitative estimate of drug-likeness (QED) is 0.588. The molecule has 0 radical (unpaired) electrons. The fourth-order valence-electron chi connectivity index (χ4n) is 2.91. The maximum atomic E-state index is 12.1. The first-order chi connectivity index (χ1) is 13.8. The fourth-order valence-corrected chi connectivity index (χ4v) is 2.91. The third-order valence-corrected chi connectivity index (χ3v) is 4.44. The molecule has 0 unspecified atom stereocenters. The first-order valence-electron chi connectivity index (χ1n) is 9.63. The number of carbonyl (C=O) groups is 1. The second-order valence-corrected chi connectivity index (χ2v) is 8.00. The predicted molar refractivity (Wildman–Crippen MR) is 118 cm³/mol. The van der Waals surface area contributed by atoms with Crippen molar-refractivity contribution in [3.05, 3.63) is 78.0 Å². The van der Waals surface area contributed by atoms with Gasteiger partial charge in [-0.25, -0.2) is 4.98 Å². The minimum absolute atomic E-state index is 0.0228. The van der Waals surface area contributed by atoms with Gasteiger partial charge in [-0.05, 0) is 48.2 Å². The molecule has 0 atom stereocenters. The Morgan fingerprint density at radius 1 is 1.00 bits per heavy atom. The maximum absolute atomic E-state index is 12.1. The van der Waals surface area contributed by atoms with Crippen LogP contribution in [0.15, 0.2) is 66.9 Å². The topological polar surface area (TPSA) is 63.2 Å². The van der Waals surface area contributed by atoms with Crippen LogP contribution in [0.1, 0.15) is 31.9 Å². The summed E-state index contributed by atoms with van der Waals surface area (Å²) in [4.78, 5) is 16.5. The van der Waals surface area contributed by atoms with Gasteiger partial charge < -0.3 is 15.4 Å². The highest BCUT2D eigenvalue weighted by Crippen LogP contribution is 2.30. The summed E-state index contributed by atoms with van der Waals surface area (Å²) in [5.41, 5.74) is 4.03. The van der Waals surface area contributed by atoms with Crippen LogP contribution in [0.2, 0.25) is 0 Å². The van der Waals surface area contributed by atoms with Gasteiger partial charge in [0.05, 0.1) is 11.9 Å². The number of nitrogens with zero attached hydrogens (tertiary/aromatic N) is 1. The summed E-state index contributed by atoms with van der Waals surface area (Å²) in [6, 6.07) is 19.4. The number of rotatable bonds is 6. The van der Waals surface area contributed by atoms with Crippen molar-refractivity contribution in [1.29, 1.82) is 0 Å². The number of ether oxygens (including phenoxy) is 1. The Balaban J connectivity index is 1.58. The number of nitrogens with one attached hydrogen (secondary N) is 2. The Morgan fingerprint density at radius 3 is 2.38 bits per heavy atom. The van der Waals surface area contributed by atoms with E-state index in [1.165, 1.54) is 5.56 Å². The zero-order valence-corrected chi connectivity index (χ0v) is 17.3. The molecule has 0 aliphatic carbocycles. The lowest BCUT2D eigenvalue weighted by Gasteiger charge is -2.23. The second kappa shape index (κ2) is 8.78. The van der Waals surface area contributed by atoms with Crippen LogP contribution in [0.25, 0.3) is 0 Å². The maximum Gasteiger partial charge on any atom is 0.262 e. The lowest BCUT2D eigenvalue weighted by molar-refractivity contribution is -0.118. The van der Waals surface area contributed by atoms with Crippen molar-refractivity contribution in [2.75, 3.05) is 17.2 Å². The van der Waals surface area contributed by atoms with Crippen LogP contribution in [0.4, 0.5) is 17.2 Å². The first-order valence-corrected chi connectivity index (χ1v) is 9.63. The standard InChI is InChI=1S/C24H27N3O2/c1-17-9-12-19(13-10-17)29-16-23(28)26-18-11-14-22(25-15-18)27-21-8-6-5-7-20(21)24(2,3)4/h5-15H,16H2,1-4H3,(H,25,27)(H,26,28). The molecular formula is C24H27N3O2. The van der Waals surface area contributed by atoms with Crippen LogP contribution in [0.3, 0.4) is 0 Å². The normalized spacial score (nSPS) is 11.0. The first kappa shape index (κ1) is 20.4. The molecule has 150 valence electrons. The SMILES string of the molecule is Cc1ccc(OCC(=O)Nc2ccc(Nc3ccccc3C(C)(C)C)nc2)cc1. The summed E-state index contributed by atoms with van der Waals surface area (Å²) in [7, 11) is 0. The molecule has 0 saturated carbocycles. The van der Waals surface area contributed by atoms with Gasteiger partial charge in [0.2, 0.25) is 0 Å². The zero-order chi connectivity index (χ0) is 20.9. The molecule has 1 amide bonds. The van der Waals surface area contributed by atoms with Crippen molar-refractivity contribution in [1.82, 2.24) is 4.98 Å². The number of aromatic nitrogens is 1. The molecule has 0 saturated heterocycles. The molecule has 3 aromatic rings. The second-order valence-electron chi connectivity index (χ2n) is 8.00. The Morgan fingerprint density at radius 2 is 1.72 bits per heavy atom. The van der Waals surface area contributed by atoms with Gasteiger partial charge >= 0.3 is 0 Å². The Labute approximate surface area is 172 Å². The van der Waals surface area contributed by atoms with E-state index in [1.807, 2.05) is 61.5 Å². The molecular weight excluding hydrogens is 362 g/mol. The summed E-state index contributed by atoms with van der Waals surface area (Å²) in [5, 5.41) is 6.16. The van der Waals surface area contributed by atoms with E-state index >= 15 is 0 Å². The van der Waals surface area contributed by atoms with Gasteiger partial charge in [0.25, 0.3) is 5.91 Å². The van der Waals surface area contributed by atoms with E-state index < -0.39 is 0 Å². The Kier molecular flexibility index (Phi) is 6.17. The molecule has 3 rings (SSSR count). The van der Waals surface area contributed by atoms with Crippen LogP contribution in [-0.4, -0.2) is 17.5 Å². The lowest BCUT2D eigenvalue weighted by Crippen LogP contribution is -2.20. The fraction of sp³-hybridized carbons (Fsp3) is 0.250. The van der Waals surface area contributed by atoms with Gasteiger partial charge in [0.1, 0.15) is 11.6 Å². The Bertz CT molecular complexity index is 959. The van der Waals surface area contributed by atoms with Crippen molar-refractivity contribution in [2.24, 2.45) is 0 Å². The number of hydrogen-bond acceptors (Lipinski definition) is 4. The number of amides is 1. The van der Waals surface area contributed by atoms with Crippen LogP contribution < -0.4 is 15.4 Å². The number of benzene rings is 2. The van der Waals surface area contributed by atoms with Gasteiger partial charge in [-0.3, -0.25) is 4.79 Å². The van der Waals surface area contributed by atoms with E-state index in [9.17, 15) is 4.79 Å². The smallest absolute Gasteiger partial charge is 0.262 e. The van der Waals surface area contributed by atoms with Crippen LogP contribution in [-0.2, 0) is 10.2 Å². The number of anilines is 3. The summed E-state index contributed by atoms with van der Waals surface area (Å²) in [6.45, 7) is 8.49. The average Bonchev–Trinajstić information content (AvgIpc) is 2.69. The van der Waals surface area contributed by atoms with Gasteiger partial charge in [-0.1, -0.05) is 56.7 Å². The molecule has 0 aliphatic heterocycles. The molecule has 1 aromatic heterocycles. The van der Waals surface area contributed by atoms with Crippen LogP contribution in [0, 0.1) is 6.92 Å². The van der Waals surface area contributed by atoms with Crippen molar-refractivity contribution >= 4 is 23.1 Å². The van der Waals surface area contributed by atoms with E-state index in [-0.39, 0.29) is 17.9 Å². The highest BCUT2D eigenvalue weighted by atomic mass is 16.5. The number of aryl methyl sites for hydroxylation is 1. The molecule has 5 nitrogen and oxygen atoms in total. The van der Waals surface area contributed by atoms with E-state index in [0.29, 0.717) is 11.4 Å². The highest BCUT2D eigenvalue weighted by molar-refractivity contribution is 5.91. The third-order valence-electron chi connectivity index (χ3n) is 4.44. The summed E-state index contributed by atoms with van der Waals surface area (Å²) in [5.74, 6) is 1.16. The average molecular weight is 389 g/mol. The highest BCUT2D eigenvalue weighted by Gasteiger charge is 2.17. The third kappa shape index (κ3) is 5.82. The van der Waals surface area contributed by atoms with Crippen molar-refractivity contribution in [3.63, 3.8) is 0 Å². The number of carbonyl (C=O) groups excluding carboxylic acids is 1. The minimum atomic E-state index is -0.230. The van der Waals surface area contributed by atoms with Gasteiger partial charge in [0, 0.05) is 5.69 Å². The molecule has 0 spiro atoms. The minimum Gasteiger partial charge on any atom is -0.484 e. The van der Waals surface area contributed by atoms with E-state index in [0.717, 1.165) is 17.1 Å². The van der Waals surface area contributed by atoms with Crippen LogP contribution >= 0.6 is 0 Å². The molecule has 0 aliphatic rings. The largest absolute Gasteiger partial charge is 0.484 e. The molecule has 0 fully saturated rings.